The van der Waals surface area contributed by atoms with Crippen molar-refractivity contribution in [1.29, 1.82) is 0 Å². The zero-order valence-electron chi connectivity index (χ0n) is 7.12. The van der Waals surface area contributed by atoms with E-state index in [2.05, 4.69) is 4.52 Å². The third kappa shape index (κ3) is 8.33. The minimum Gasteiger partial charge on any atom is -0.412 e. The lowest BCUT2D eigenvalue weighted by Crippen LogP contribution is -2.09. The zero-order valence-corrected chi connectivity index (χ0v) is 8.12. The van der Waals surface area contributed by atoms with Crippen LogP contribution in [0.15, 0.2) is 0 Å². The van der Waals surface area contributed by atoms with Crippen LogP contribution in [-0.2, 0) is 9.26 Å². The van der Waals surface area contributed by atoms with Crippen LogP contribution in [0.3, 0.4) is 0 Å². The summed E-state index contributed by atoms with van der Waals surface area (Å²) in [6.07, 6.45) is 2.31. The quantitative estimate of drug-likeness (QED) is 0.586. The van der Waals surface area contributed by atoms with Crippen LogP contribution in [0.2, 0.25) is 0 Å². The molecule has 1 unspecified atom stereocenters. The molecule has 12 heavy (non-hydrogen) atoms. The smallest absolute Gasteiger partial charge is 0.151 e. The highest BCUT2D eigenvalue weighted by molar-refractivity contribution is 7.24. The van der Waals surface area contributed by atoms with Gasteiger partial charge in [0.25, 0.3) is 0 Å². The van der Waals surface area contributed by atoms with Crippen LogP contribution in [0.25, 0.3) is 0 Å². The Morgan fingerprint density at radius 1 is 1.67 bits per heavy atom. The molecule has 0 aromatic carbocycles. The third-order valence-electron chi connectivity index (χ3n) is 1.32. The standard InChI is InChI=1S/C5H10O2.CH5O2P.H2O/c6-4-5-2-1-3-7-5;1-3-4-2;/h5-6H,1-4H2;2,4H,1H3;1H2/t5-;;/m0../s1. The summed E-state index contributed by atoms with van der Waals surface area (Å²) in [4.78, 5) is 7.68. The Morgan fingerprint density at radius 2 is 2.25 bits per heavy atom. The first-order valence-corrected chi connectivity index (χ1v) is 4.35. The molecule has 6 heteroatoms. The fourth-order valence-corrected chi connectivity index (χ4v) is 0.788. The van der Waals surface area contributed by atoms with Gasteiger partial charge in [-0.15, -0.1) is 0 Å². The van der Waals surface area contributed by atoms with Crippen LogP contribution >= 0.6 is 9.03 Å². The summed E-state index contributed by atoms with van der Waals surface area (Å²) in [5.41, 5.74) is 0. The van der Waals surface area contributed by atoms with Gasteiger partial charge in [-0.2, -0.15) is 0 Å². The number of hydrogen-bond donors (Lipinski definition) is 2. The SMILES string of the molecule is COPO.O.OC[C@@H]1CCCO1. The molecule has 0 aliphatic carbocycles. The Balaban J connectivity index is 0. The van der Waals surface area contributed by atoms with Crippen molar-refractivity contribution in [2.45, 2.75) is 18.9 Å². The van der Waals surface area contributed by atoms with Crippen LogP contribution < -0.4 is 0 Å². The van der Waals surface area contributed by atoms with Gasteiger partial charge in [0.05, 0.1) is 12.7 Å². The molecule has 0 saturated carbocycles. The maximum Gasteiger partial charge on any atom is 0.151 e. The highest BCUT2D eigenvalue weighted by Crippen LogP contribution is 2.09. The van der Waals surface area contributed by atoms with E-state index >= 15 is 0 Å². The molecule has 1 rings (SSSR count). The van der Waals surface area contributed by atoms with E-state index in [0.717, 1.165) is 19.4 Å². The van der Waals surface area contributed by atoms with E-state index in [0.29, 0.717) is 0 Å². The van der Waals surface area contributed by atoms with Crippen LogP contribution in [0.1, 0.15) is 12.8 Å². The lowest BCUT2D eigenvalue weighted by molar-refractivity contribution is 0.0591. The fraction of sp³-hybridized carbons (Fsp3) is 1.00. The van der Waals surface area contributed by atoms with Gasteiger partial charge in [-0.1, -0.05) is 0 Å². The molecule has 0 spiro atoms. The summed E-state index contributed by atoms with van der Waals surface area (Å²) in [6, 6.07) is 0. The first-order valence-electron chi connectivity index (χ1n) is 3.49. The molecule has 0 amide bonds. The third-order valence-corrected chi connectivity index (χ3v) is 1.50. The number of aliphatic hydroxyl groups is 1. The van der Waals surface area contributed by atoms with Crippen LogP contribution in [0, 0.1) is 0 Å². The van der Waals surface area contributed by atoms with Gasteiger partial charge < -0.3 is 24.7 Å². The van der Waals surface area contributed by atoms with Gasteiger partial charge >= 0.3 is 0 Å². The number of hydrogen-bond acceptors (Lipinski definition) is 4. The largest absolute Gasteiger partial charge is 0.412 e. The molecule has 1 aliphatic heterocycles. The second kappa shape index (κ2) is 11.2. The Bertz CT molecular complexity index is 74.3. The molecule has 1 fully saturated rings. The zero-order chi connectivity index (χ0) is 8.53. The van der Waals surface area contributed by atoms with Crippen LogP contribution in [0.5, 0.6) is 0 Å². The fourth-order valence-electron chi connectivity index (χ4n) is 0.788. The highest BCUT2D eigenvalue weighted by atomic mass is 31.1. The van der Waals surface area contributed by atoms with Crippen molar-refractivity contribution in [3.8, 4) is 0 Å². The topological polar surface area (TPSA) is 90.4 Å². The number of aliphatic hydroxyl groups excluding tert-OH is 1. The monoisotopic (exact) mass is 200 g/mol. The second-order valence-electron chi connectivity index (χ2n) is 2.11. The summed E-state index contributed by atoms with van der Waals surface area (Å²) in [7, 11) is 1.08. The molecule has 0 radical (unpaired) electrons. The summed E-state index contributed by atoms with van der Waals surface area (Å²) in [5, 5.41) is 8.44. The summed E-state index contributed by atoms with van der Waals surface area (Å²) in [5.74, 6) is 0. The van der Waals surface area contributed by atoms with Crippen molar-refractivity contribution >= 4 is 9.03 Å². The average molecular weight is 200 g/mol. The van der Waals surface area contributed by atoms with Gasteiger partial charge in [-0.3, -0.25) is 0 Å². The van der Waals surface area contributed by atoms with Crippen molar-refractivity contribution in [3.63, 3.8) is 0 Å². The Kier molecular flexibility index (Phi) is 13.8. The van der Waals surface area contributed by atoms with Crippen molar-refractivity contribution in [3.05, 3.63) is 0 Å². The maximum absolute atomic E-state index is 8.44. The van der Waals surface area contributed by atoms with Gasteiger partial charge in [0.2, 0.25) is 0 Å². The van der Waals surface area contributed by atoms with Gasteiger partial charge in [0.15, 0.2) is 9.03 Å². The Labute approximate surface area is 73.9 Å². The van der Waals surface area contributed by atoms with E-state index in [1.165, 1.54) is 7.11 Å². The van der Waals surface area contributed by atoms with Crippen molar-refractivity contribution < 1.29 is 24.7 Å². The molecular formula is C6H17O5P. The van der Waals surface area contributed by atoms with E-state index in [-0.39, 0.29) is 27.2 Å². The normalized spacial score (nSPS) is 21.8. The minimum absolute atomic E-state index is 0. The predicted octanol–water partition coefficient (Wildman–Crippen LogP) is -0.533. The molecular weight excluding hydrogens is 183 g/mol. The minimum atomic E-state index is -0.360. The molecule has 0 aromatic rings. The predicted molar refractivity (Wildman–Crippen MR) is 47.2 cm³/mol. The summed E-state index contributed by atoms with van der Waals surface area (Å²) >= 11 is 0. The second-order valence-corrected chi connectivity index (χ2v) is 2.70. The van der Waals surface area contributed by atoms with Crippen molar-refractivity contribution in [2.75, 3.05) is 20.3 Å². The molecule has 1 heterocycles. The van der Waals surface area contributed by atoms with Crippen molar-refractivity contribution in [2.24, 2.45) is 0 Å². The molecule has 0 aromatic heterocycles. The van der Waals surface area contributed by atoms with E-state index in [1.807, 2.05) is 0 Å². The maximum atomic E-state index is 8.44. The van der Waals surface area contributed by atoms with E-state index in [4.69, 9.17) is 14.7 Å². The Morgan fingerprint density at radius 3 is 2.42 bits per heavy atom. The lowest BCUT2D eigenvalue weighted by Gasteiger charge is -2.00. The number of ether oxygens (including phenoxy) is 1. The molecule has 4 N–H and O–H groups in total. The number of rotatable bonds is 2. The van der Waals surface area contributed by atoms with Gasteiger partial charge in [0, 0.05) is 13.7 Å². The lowest BCUT2D eigenvalue weighted by atomic mass is 10.2. The average Bonchev–Trinajstić information content (AvgIpc) is 2.56. The highest BCUT2D eigenvalue weighted by Gasteiger charge is 2.12. The first kappa shape index (κ1) is 14.7. The summed E-state index contributed by atoms with van der Waals surface area (Å²) in [6.45, 7) is 1.03. The van der Waals surface area contributed by atoms with Crippen LogP contribution in [-0.4, -0.2) is 41.9 Å². The van der Waals surface area contributed by atoms with Gasteiger partial charge in [-0.25, -0.2) is 0 Å². The van der Waals surface area contributed by atoms with E-state index in [9.17, 15) is 0 Å². The van der Waals surface area contributed by atoms with Crippen LogP contribution in [0.4, 0.5) is 0 Å². The van der Waals surface area contributed by atoms with Gasteiger partial charge in [0.1, 0.15) is 0 Å². The summed E-state index contributed by atoms with van der Waals surface area (Å²) < 4.78 is 9.18. The van der Waals surface area contributed by atoms with Crippen molar-refractivity contribution in [1.82, 2.24) is 0 Å². The first-order chi connectivity index (χ1) is 5.35. The molecule has 76 valence electrons. The Hall–Kier alpha value is 0.230. The van der Waals surface area contributed by atoms with Gasteiger partial charge in [-0.05, 0) is 12.8 Å². The molecule has 1 saturated heterocycles. The molecule has 1 aliphatic rings. The van der Waals surface area contributed by atoms with E-state index in [1.54, 1.807) is 0 Å². The van der Waals surface area contributed by atoms with E-state index < -0.39 is 0 Å². The molecule has 5 nitrogen and oxygen atoms in total. The molecule has 0 bridgehead atoms. The molecule has 2 atom stereocenters.